The molecule has 1 heterocycles. The molecule has 0 fully saturated rings. The zero-order chi connectivity index (χ0) is 13.7. The number of hydrogen-bond donors (Lipinski definition) is 1. The van der Waals surface area contributed by atoms with Crippen LogP contribution >= 0.6 is 0 Å². The zero-order valence-electron chi connectivity index (χ0n) is 11.3. The van der Waals surface area contributed by atoms with Crippen LogP contribution in [0.4, 0.5) is 0 Å². The third-order valence-electron chi connectivity index (χ3n) is 2.48. The summed E-state index contributed by atoms with van der Waals surface area (Å²) < 4.78 is 12.7. The number of aromatic nitrogens is 3. The fourth-order valence-corrected chi connectivity index (χ4v) is 1.64. The van der Waals surface area contributed by atoms with Crippen LogP contribution in [0.2, 0.25) is 0 Å². The Bertz CT molecular complexity index is 511. The number of hydrogen-bond acceptors (Lipinski definition) is 5. The van der Waals surface area contributed by atoms with E-state index in [0.717, 1.165) is 17.1 Å². The van der Waals surface area contributed by atoms with Crippen molar-refractivity contribution >= 4 is 0 Å². The highest BCUT2D eigenvalue weighted by atomic mass is 16.5. The summed E-state index contributed by atoms with van der Waals surface area (Å²) in [5.41, 5.74) is 4.23. The quantitative estimate of drug-likeness (QED) is 0.860. The van der Waals surface area contributed by atoms with Gasteiger partial charge in [-0.1, -0.05) is 6.07 Å². The van der Waals surface area contributed by atoms with Crippen LogP contribution in [0.5, 0.6) is 11.5 Å². The van der Waals surface area contributed by atoms with Crippen molar-refractivity contribution in [3.8, 4) is 11.5 Å². The van der Waals surface area contributed by atoms with E-state index >= 15 is 0 Å². The second-order valence-electron chi connectivity index (χ2n) is 4.36. The van der Waals surface area contributed by atoms with E-state index in [-0.39, 0.29) is 6.10 Å². The van der Waals surface area contributed by atoms with Crippen molar-refractivity contribution in [1.82, 2.24) is 14.9 Å². The van der Waals surface area contributed by atoms with E-state index in [9.17, 15) is 0 Å². The summed E-state index contributed by atoms with van der Waals surface area (Å²) in [6, 6.07) is 5.87. The van der Waals surface area contributed by atoms with Crippen molar-refractivity contribution in [2.24, 2.45) is 0 Å². The van der Waals surface area contributed by atoms with Crippen molar-refractivity contribution in [2.75, 3.05) is 12.5 Å². The highest BCUT2D eigenvalue weighted by Gasteiger charge is 2.07. The molecule has 1 aromatic carbocycles. The van der Waals surface area contributed by atoms with Gasteiger partial charge in [-0.05, 0) is 31.5 Å². The second-order valence-corrected chi connectivity index (χ2v) is 4.36. The van der Waals surface area contributed by atoms with Crippen LogP contribution in [0, 0.1) is 0 Å². The van der Waals surface area contributed by atoms with Crippen LogP contribution in [0.15, 0.2) is 30.9 Å². The SMILES string of the molecule is COc1cc(CNn2cnnc2)ccc1OC(C)C. The lowest BCUT2D eigenvalue weighted by Gasteiger charge is -2.15. The van der Waals surface area contributed by atoms with Crippen LogP contribution < -0.4 is 14.9 Å². The van der Waals surface area contributed by atoms with E-state index in [1.807, 2.05) is 32.0 Å². The molecule has 2 rings (SSSR count). The normalized spacial score (nSPS) is 10.5. The summed E-state index contributed by atoms with van der Waals surface area (Å²) in [4.78, 5) is 0. The fourth-order valence-electron chi connectivity index (χ4n) is 1.64. The van der Waals surface area contributed by atoms with E-state index in [1.54, 1.807) is 24.4 Å². The van der Waals surface area contributed by atoms with E-state index in [0.29, 0.717) is 6.54 Å². The Hall–Kier alpha value is -2.24. The number of rotatable bonds is 6. The third kappa shape index (κ3) is 3.61. The van der Waals surface area contributed by atoms with E-state index in [4.69, 9.17) is 9.47 Å². The molecule has 102 valence electrons. The minimum Gasteiger partial charge on any atom is -0.493 e. The zero-order valence-corrected chi connectivity index (χ0v) is 11.3. The Morgan fingerprint density at radius 1 is 1.21 bits per heavy atom. The molecule has 0 aliphatic heterocycles. The highest BCUT2D eigenvalue weighted by molar-refractivity contribution is 5.43. The molecule has 19 heavy (non-hydrogen) atoms. The lowest BCUT2D eigenvalue weighted by molar-refractivity contribution is 0.230. The Morgan fingerprint density at radius 3 is 2.58 bits per heavy atom. The average molecular weight is 262 g/mol. The smallest absolute Gasteiger partial charge is 0.161 e. The van der Waals surface area contributed by atoms with Crippen LogP contribution in [0.3, 0.4) is 0 Å². The molecule has 6 heteroatoms. The number of nitrogens with zero attached hydrogens (tertiary/aromatic N) is 3. The second kappa shape index (κ2) is 6.08. The largest absolute Gasteiger partial charge is 0.493 e. The first kappa shape index (κ1) is 13.2. The number of nitrogens with one attached hydrogen (secondary N) is 1. The van der Waals surface area contributed by atoms with Crippen LogP contribution in [0.1, 0.15) is 19.4 Å². The topological polar surface area (TPSA) is 61.2 Å². The van der Waals surface area contributed by atoms with Crippen molar-refractivity contribution < 1.29 is 9.47 Å². The van der Waals surface area contributed by atoms with Gasteiger partial charge in [0.1, 0.15) is 12.7 Å². The van der Waals surface area contributed by atoms with Crippen LogP contribution in [-0.4, -0.2) is 28.1 Å². The molecular formula is C13H18N4O2. The van der Waals surface area contributed by atoms with Gasteiger partial charge in [-0.3, -0.25) is 0 Å². The Labute approximate surface area is 112 Å². The lowest BCUT2D eigenvalue weighted by atomic mass is 10.2. The van der Waals surface area contributed by atoms with Crippen LogP contribution in [0.25, 0.3) is 0 Å². The third-order valence-corrected chi connectivity index (χ3v) is 2.48. The molecule has 0 saturated heterocycles. The van der Waals surface area contributed by atoms with E-state index in [1.165, 1.54) is 0 Å². The van der Waals surface area contributed by atoms with Gasteiger partial charge in [0.15, 0.2) is 11.5 Å². The molecule has 0 saturated carbocycles. The van der Waals surface area contributed by atoms with Gasteiger partial charge in [-0.15, -0.1) is 10.2 Å². The molecule has 6 nitrogen and oxygen atoms in total. The lowest BCUT2D eigenvalue weighted by Crippen LogP contribution is -2.12. The summed E-state index contributed by atoms with van der Waals surface area (Å²) >= 11 is 0. The summed E-state index contributed by atoms with van der Waals surface area (Å²) in [6.45, 7) is 4.62. The minimum atomic E-state index is 0.120. The number of ether oxygens (including phenoxy) is 2. The maximum absolute atomic E-state index is 5.67. The number of benzene rings is 1. The van der Waals surface area contributed by atoms with Gasteiger partial charge in [0.25, 0.3) is 0 Å². The maximum Gasteiger partial charge on any atom is 0.161 e. The molecular weight excluding hydrogens is 244 g/mol. The Balaban J connectivity index is 2.05. The summed E-state index contributed by atoms with van der Waals surface area (Å²) in [5.74, 6) is 1.49. The van der Waals surface area contributed by atoms with E-state index in [2.05, 4.69) is 15.6 Å². The van der Waals surface area contributed by atoms with E-state index < -0.39 is 0 Å². The molecule has 1 N–H and O–H groups in total. The first-order chi connectivity index (χ1) is 9.19. The first-order valence-corrected chi connectivity index (χ1v) is 6.11. The van der Waals surface area contributed by atoms with Crippen molar-refractivity contribution in [3.05, 3.63) is 36.4 Å². The fraction of sp³-hybridized carbons (Fsp3) is 0.385. The standard InChI is InChI=1S/C13H18N4O2/c1-10(2)19-12-5-4-11(6-13(12)18-3)7-16-17-8-14-15-9-17/h4-6,8-10,16H,7H2,1-3H3. The molecule has 0 aliphatic carbocycles. The van der Waals surface area contributed by atoms with Crippen molar-refractivity contribution in [2.45, 2.75) is 26.5 Å². The predicted molar refractivity (Wildman–Crippen MR) is 71.8 cm³/mol. The Kier molecular flexibility index (Phi) is 4.22. The molecule has 0 aliphatic rings. The Morgan fingerprint density at radius 2 is 1.95 bits per heavy atom. The van der Waals surface area contributed by atoms with Gasteiger partial charge in [-0.2, -0.15) is 0 Å². The summed E-state index contributed by atoms with van der Waals surface area (Å²) in [7, 11) is 1.64. The first-order valence-electron chi connectivity index (χ1n) is 6.11. The maximum atomic E-state index is 5.67. The molecule has 0 atom stereocenters. The van der Waals surface area contributed by atoms with Crippen molar-refractivity contribution in [3.63, 3.8) is 0 Å². The predicted octanol–water partition coefficient (Wildman–Crippen LogP) is 1.82. The minimum absolute atomic E-state index is 0.120. The molecule has 0 radical (unpaired) electrons. The van der Waals surface area contributed by atoms with Gasteiger partial charge in [-0.25, -0.2) is 4.68 Å². The number of methoxy groups -OCH3 is 1. The van der Waals surface area contributed by atoms with Crippen molar-refractivity contribution in [1.29, 1.82) is 0 Å². The van der Waals surface area contributed by atoms with Crippen LogP contribution in [-0.2, 0) is 6.54 Å². The highest BCUT2D eigenvalue weighted by Crippen LogP contribution is 2.28. The molecule has 0 unspecified atom stereocenters. The summed E-state index contributed by atoms with van der Waals surface area (Å²) in [6.07, 6.45) is 3.33. The molecule has 0 amide bonds. The van der Waals surface area contributed by atoms with Gasteiger partial charge >= 0.3 is 0 Å². The molecule has 0 spiro atoms. The summed E-state index contributed by atoms with van der Waals surface area (Å²) in [5, 5.41) is 7.44. The van der Waals surface area contributed by atoms with Gasteiger partial charge in [0, 0.05) is 0 Å². The molecule has 0 bridgehead atoms. The monoisotopic (exact) mass is 262 g/mol. The molecule has 2 aromatic rings. The van der Waals surface area contributed by atoms with Gasteiger partial charge < -0.3 is 14.9 Å². The van der Waals surface area contributed by atoms with Gasteiger partial charge in [0.05, 0.1) is 19.8 Å². The molecule has 1 aromatic heterocycles. The average Bonchev–Trinajstić information content (AvgIpc) is 2.90. The van der Waals surface area contributed by atoms with Gasteiger partial charge in [0.2, 0.25) is 0 Å².